The summed E-state index contributed by atoms with van der Waals surface area (Å²) in [5.74, 6) is -1.12. The topological polar surface area (TPSA) is 78.5 Å². The van der Waals surface area contributed by atoms with Gasteiger partial charge in [-0.25, -0.2) is 4.79 Å². The van der Waals surface area contributed by atoms with Crippen molar-refractivity contribution in [1.82, 2.24) is 10.2 Å². The second-order valence-electron chi connectivity index (χ2n) is 6.98. The summed E-state index contributed by atoms with van der Waals surface area (Å²) in [6.07, 6.45) is 0. The van der Waals surface area contributed by atoms with Gasteiger partial charge in [0.15, 0.2) is 5.54 Å². The van der Waals surface area contributed by atoms with Gasteiger partial charge in [-0.15, -0.1) is 0 Å². The van der Waals surface area contributed by atoms with E-state index in [1.54, 1.807) is 60.7 Å². The van der Waals surface area contributed by atoms with Gasteiger partial charge in [0, 0.05) is 5.02 Å². The molecule has 3 aromatic carbocycles. The Morgan fingerprint density at radius 3 is 2.06 bits per heavy atom. The summed E-state index contributed by atoms with van der Waals surface area (Å²) in [5.41, 5.74) is 0.0671. The number of halogens is 2. The van der Waals surface area contributed by atoms with Crippen LogP contribution in [-0.4, -0.2) is 29.3 Å². The Morgan fingerprint density at radius 1 is 0.903 bits per heavy atom. The van der Waals surface area contributed by atoms with Crippen LogP contribution in [0.4, 0.5) is 10.5 Å². The minimum Gasteiger partial charge on any atom is -0.323 e. The van der Waals surface area contributed by atoms with Gasteiger partial charge in [0.1, 0.15) is 6.54 Å². The summed E-state index contributed by atoms with van der Waals surface area (Å²) < 4.78 is 0. The third-order valence-electron chi connectivity index (χ3n) is 5.02. The predicted octanol–water partition coefficient (Wildman–Crippen LogP) is 4.43. The first-order valence-electron chi connectivity index (χ1n) is 9.42. The lowest BCUT2D eigenvalue weighted by atomic mass is 9.82. The number of nitrogens with zero attached hydrogens (tertiary/aromatic N) is 1. The van der Waals surface area contributed by atoms with Gasteiger partial charge in [0.05, 0.1) is 10.7 Å². The Kier molecular flexibility index (Phi) is 5.67. The van der Waals surface area contributed by atoms with Gasteiger partial charge >= 0.3 is 6.03 Å². The van der Waals surface area contributed by atoms with E-state index < -0.39 is 29.9 Å². The number of hydrogen-bond donors (Lipinski definition) is 2. The van der Waals surface area contributed by atoms with Gasteiger partial charge in [-0.3, -0.25) is 14.5 Å². The molecule has 6 nitrogen and oxygen atoms in total. The van der Waals surface area contributed by atoms with Crippen molar-refractivity contribution < 1.29 is 14.4 Å². The van der Waals surface area contributed by atoms with Gasteiger partial charge < -0.3 is 10.6 Å². The van der Waals surface area contributed by atoms with Crippen LogP contribution < -0.4 is 10.6 Å². The average Bonchev–Trinajstić information content (AvgIpc) is 3.03. The first-order chi connectivity index (χ1) is 14.9. The highest BCUT2D eigenvalue weighted by Crippen LogP contribution is 2.36. The third-order valence-corrected chi connectivity index (χ3v) is 5.59. The number of imide groups is 1. The maximum absolute atomic E-state index is 13.6. The van der Waals surface area contributed by atoms with Crippen molar-refractivity contribution in [2.75, 3.05) is 11.9 Å². The van der Waals surface area contributed by atoms with Crippen LogP contribution >= 0.6 is 23.2 Å². The van der Waals surface area contributed by atoms with E-state index in [1.807, 2.05) is 12.1 Å². The van der Waals surface area contributed by atoms with Crippen molar-refractivity contribution in [2.45, 2.75) is 5.54 Å². The maximum atomic E-state index is 13.6. The number of amides is 4. The summed E-state index contributed by atoms with van der Waals surface area (Å²) in [5, 5.41) is 6.08. The number of rotatable bonds is 5. The van der Waals surface area contributed by atoms with E-state index in [-0.39, 0.29) is 5.02 Å². The Labute approximate surface area is 188 Å². The van der Waals surface area contributed by atoms with Gasteiger partial charge in [0.2, 0.25) is 5.91 Å². The molecular weight excluding hydrogens is 437 g/mol. The first kappa shape index (κ1) is 20.9. The van der Waals surface area contributed by atoms with Gasteiger partial charge in [-0.05, 0) is 29.3 Å². The maximum Gasteiger partial charge on any atom is 0.326 e. The highest BCUT2D eigenvalue weighted by molar-refractivity contribution is 6.35. The largest absolute Gasteiger partial charge is 0.326 e. The van der Waals surface area contributed by atoms with Crippen LogP contribution in [0.1, 0.15) is 11.1 Å². The Bertz CT molecular complexity index is 1110. The molecule has 156 valence electrons. The molecule has 0 unspecified atom stereocenters. The monoisotopic (exact) mass is 453 g/mol. The van der Waals surface area contributed by atoms with E-state index in [0.717, 1.165) is 4.90 Å². The molecule has 0 aromatic heterocycles. The van der Waals surface area contributed by atoms with Crippen molar-refractivity contribution in [3.05, 3.63) is 100 Å². The molecule has 3 aromatic rings. The summed E-state index contributed by atoms with van der Waals surface area (Å²) in [6.45, 7) is -0.477. The summed E-state index contributed by atoms with van der Waals surface area (Å²) in [4.78, 5) is 39.9. The van der Waals surface area contributed by atoms with Gasteiger partial charge in [0.25, 0.3) is 5.91 Å². The molecule has 1 fully saturated rings. The molecule has 2 N–H and O–H groups in total. The Hall–Kier alpha value is -3.35. The first-order valence-corrected chi connectivity index (χ1v) is 10.2. The highest BCUT2D eigenvalue weighted by Gasteiger charge is 2.54. The average molecular weight is 454 g/mol. The molecule has 0 radical (unpaired) electrons. The second-order valence-corrected chi connectivity index (χ2v) is 7.82. The number of carbonyl (C=O) groups is 3. The van der Waals surface area contributed by atoms with E-state index >= 15 is 0 Å². The zero-order valence-electron chi connectivity index (χ0n) is 16.1. The number of carbonyl (C=O) groups excluding carboxylic acids is 3. The number of anilines is 1. The fraction of sp³-hybridized carbons (Fsp3) is 0.0870. The molecule has 1 aliphatic heterocycles. The van der Waals surface area contributed by atoms with Crippen LogP contribution in [-0.2, 0) is 15.1 Å². The molecule has 0 saturated carbocycles. The molecule has 1 heterocycles. The lowest BCUT2D eigenvalue weighted by Gasteiger charge is -2.28. The van der Waals surface area contributed by atoms with Crippen molar-refractivity contribution in [1.29, 1.82) is 0 Å². The molecule has 0 aliphatic carbocycles. The molecule has 4 amide bonds. The minimum absolute atomic E-state index is 0.290. The normalized spacial score (nSPS) is 15.0. The molecule has 1 saturated heterocycles. The lowest BCUT2D eigenvalue weighted by Crippen LogP contribution is -2.45. The van der Waals surface area contributed by atoms with E-state index in [4.69, 9.17) is 23.2 Å². The number of nitrogens with one attached hydrogen (secondary N) is 2. The zero-order chi connectivity index (χ0) is 22.0. The smallest absolute Gasteiger partial charge is 0.323 e. The molecule has 0 spiro atoms. The summed E-state index contributed by atoms with van der Waals surface area (Å²) in [7, 11) is 0. The fourth-order valence-corrected chi connectivity index (χ4v) is 3.92. The van der Waals surface area contributed by atoms with Crippen molar-refractivity contribution in [2.24, 2.45) is 0 Å². The predicted molar refractivity (Wildman–Crippen MR) is 119 cm³/mol. The van der Waals surface area contributed by atoms with Crippen LogP contribution in [0.25, 0.3) is 0 Å². The Morgan fingerprint density at radius 2 is 1.48 bits per heavy atom. The highest BCUT2D eigenvalue weighted by atomic mass is 35.5. The minimum atomic E-state index is -1.42. The molecule has 4 rings (SSSR count). The molecular formula is C23H17Cl2N3O3. The lowest BCUT2D eigenvalue weighted by molar-refractivity contribution is -0.133. The molecule has 0 atom stereocenters. The molecule has 0 bridgehead atoms. The number of benzene rings is 3. The van der Waals surface area contributed by atoms with E-state index in [9.17, 15) is 14.4 Å². The standard InChI is InChI=1S/C23H17Cl2N3O3/c24-17-11-12-18(25)19(13-17)26-20(29)14-28-21(30)23(27-22(28)31,15-7-3-1-4-8-15)16-9-5-2-6-10-16/h1-13H,14H2,(H,26,29)(H,27,31). The third kappa shape index (κ3) is 3.87. The van der Waals surface area contributed by atoms with E-state index in [1.165, 1.54) is 6.07 Å². The molecule has 1 aliphatic rings. The van der Waals surface area contributed by atoms with E-state index in [2.05, 4.69) is 10.6 Å². The Balaban J connectivity index is 1.65. The van der Waals surface area contributed by atoms with Crippen LogP contribution in [0.2, 0.25) is 10.0 Å². The quantitative estimate of drug-likeness (QED) is 0.560. The zero-order valence-corrected chi connectivity index (χ0v) is 17.7. The summed E-state index contributed by atoms with van der Waals surface area (Å²) in [6, 6.07) is 21.8. The van der Waals surface area contributed by atoms with Crippen molar-refractivity contribution >= 4 is 46.7 Å². The number of urea groups is 1. The van der Waals surface area contributed by atoms with Crippen molar-refractivity contribution in [3.8, 4) is 0 Å². The number of hydrogen-bond acceptors (Lipinski definition) is 3. The van der Waals surface area contributed by atoms with Gasteiger partial charge in [-0.2, -0.15) is 0 Å². The van der Waals surface area contributed by atoms with Crippen molar-refractivity contribution in [3.63, 3.8) is 0 Å². The fourth-order valence-electron chi connectivity index (χ4n) is 3.58. The van der Waals surface area contributed by atoms with Crippen LogP contribution in [0.3, 0.4) is 0 Å². The SMILES string of the molecule is O=C(CN1C(=O)NC(c2ccccc2)(c2ccccc2)C1=O)Nc1cc(Cl)ccc1Cl. The van der Waals surface area contributed by atoms with Crippen LogP contribution in [0, 0.1) is 0 Å². The molecule has 31 heavy (non-hydrogen) atoms. The molecule has 8 heteroatoms. The van der Waals surface area contributed by atoms with Crippen LogP contribution in [0.15, 0.2) is 78.9 Å². The van der Waals surface area contributed by atoms with E-state index in [0.29, 0.717) is 21.8 Å². The van der Waals surface area contributed by atoms with Gasteiger partial charge in [-0.1, -0.05) is 83.9 Å². The van der Waals surface area contributed by atoms with Crippen LogP contribution in [0.5, 0.6) is 0 Å². The summed E-state index contributed by atoms with van der Waals surface area (Å²) >= 11 is 12.0. The second kappa shape index (κ2) is 8.41.